The van der Waals surface area contributed by atoms with Gasteiger partial charge in [0.15, 0.2) is 0 Å². The molecule has 1 aromatic carbocycles. The lowest BCUT2D eigenvalue weighted by molar-refractivity contribution is 0.271. The number of fused-ring (bicyclic) bond motifs is 7. The Labute approximate surface area is 179 Å². The SMILES string of the molecule is O=c1[nH]c(NC2CCCCC2)c2n1CCCCCc1ccc(cc1)CNC1CC[C@@H]21. The van der Waals surface area contributed by atoms with E-state index >= 15 is 0 Å². The molecule has 1 unspecified atom stereocenters. The summed E-state index contributed by atoms with van der Waals surface area (Å²) in [5, 5.41) is 7.54. The van der Waals surface area contributed by atoms with Gasteiger partial charge in [0.05, 0.1) is 5.69 Å². The van der Waals surface area contributed by atoms with E-state index in [-0.39, 0.29) is 5.69 Å². The van der Waals surface area contributed by atoms with Gasteiger partial charge < -0.3 is 10.6 Å². The van der Waals surface area contributed by atoms with Crippen molar-refractivity contribution in [3.63, 3.8) is 0 Å². The monoisotopic (exact) mass is 408 g/mol. The molecule has 2 fully saturated rings. The van der Waals surface area contributed by atoms with Gasteiger partial charge in [-0.05, 0) is 56.1 Å². The van der Waals surface area contributed by atoms with E-state index < -0.39 is 0 Å². The van der Waals surface area contributed by atoms with Gasteiger partial charge in [-0.15, -0.1) is 0 Å². The van der Waals surface area contributed by atoms with Crippen molar-refractivity contribution in [3.8, 4) is 0 Å². The summed E-state index contributed by atoms with van der Waals surface area (Å²) in [6.45, 7) is 1.74. The molecule has 5 heteroatoms. The Kier molecular flexibility index (Phi) is 5.98. The molecule has 2 bridgehead atoms. The molecule has 1 aromatic heterocycles. The fraction of sp³-hybridized carbons (Fsp3) is 0.640. The van der Waals surface area contributed by atoms with Crippen LogP contribution in [-0.2, 0) is 19.5 Å². The summed E-state index contributed by atoms with van der Waals surface area (Å²) in [5.41, 5.74) is 4.09. The molecular formula is C25H36N4O. The first-order valence-electron chi connectivity index (χ1n) is 12.2. The summed E-state index contributed by atoms with van der Waals surface area (Å²) in [4.78, 5) is 16.1. The zero-order valence-corrected chi connectivity index (χ0v) is 18.1. The Balaban J connectivity index is 1.41. The first-order chi connectivity index (χ1) is 14.8. The highest BCUT2D eigenvalue weighted by atomic mass is 16.1. The summed E-state index contributed by atoms with van der Waals surface area (Å²) >= 11 is 0. The second-order valence-corrected chi connectivity index (χ2v) is 9.62. The molecular weight excluding hydrogens is 372 g/mol. The number of anilines is 1. The zero-order valence-electron chi connectivity index (χ0n) is 18.1. The van der Waals surface area contributed by atoms with Crippen LogP contribution in [0.15, 0.2) is 29.1 Å². The predicted molar refractivity (Wildman–Crippen MR) is 122 cm³/mol. The van der Waals surface area contributed by atoms with Crippen LogP contribution in [0.25, 0.3) is 0 Å². The number of benzene rings is 1. The predicted octanol–water partition coefficient (Wildman–Crippen LogP) is 4.68. The van der Waals surface area contributed by atoms with Crippen molar-refractivity contribution in [3.05, 3.63) is 51.6 Å². The highest BCUT2D eigenvalue weighted by molar-refractivity contribution is 5.46. The number of rotatable bonds is 2. The van der Waals surface area contributed by atoms with Crippen molar-refractivity contribution < 1.29 is 0 Å². The van der Waals surface area contributed by atoms with Crippen molar-refractivity contribution in [2.45, 2.75) is 102 Å². The van der Waals surface area contributed by atoms with Gasteiger partial charge in [-0.3, -0.25) is 9.55 Å². The molecule has 162 valence electrons. The van der Waals surface area contributed by atoms with Crippen LogP contribution in [0.4, 0.5) is 5.82 Å². The molecule has 3 N–H and O–H groups in total. The second kappa shape index (κ2) is 9.01. The topological polar surface area (TPSA) is 61.9 Å². The van der Waals surface area contributed by atoms with Gasteiger partial charge >= 0.3 is 5.69 Å². The Morgan fingerprint density at radius 2 is 1.63 bits per heavy atom. The van der Waals surface area contributed by atoms with Gasteiger partial charge in [0.2, 0.25) is 0 Å². The van der Waals surface area contributed by atoms with Gasteiger partial charge in [-0.25, -0.2) is 4.79 Å². The molecule has 0 saturated heterocycles. The van der Waals surface area contributed by atoms with E-state index in [9.17, 15) is 4.79 Å². The summed E-state index contributed by atoms with van der Waals surface area (Å²) in [6.07, 6.45) is 13.3. The van der Waals surface area contributed by atoms with Gasteiger partial charge in [-0.2, -0.15) is 0 Å². The Morgan fingerprint density at radius 3 is 2.40 bits per heavy atom. The molecule has 0 amide bonds. The molecule has 6 rings (SSSR count). The molecule has 2 atom stereocenters. The number of imidazole rings is 1. The molecule has 5 nitrogen and oxygen atoms in total. The number of hydrogen-bond donors (Lipinski definition) is 3. The Morgan fingerprint density at radius 1 is 0.867 bits per heavy atom. The highest BCUT2D eigenvalue weighted by Crippen LogP contribution is 2.40. The van der Waals surface area contributed by atoms with E-state index in [0.29, 0.717) is 18.0 Å². The molecule has 2 aliphatic heterocycles. The number of nitrogens with one attached hydrogen (secondary N) is 3. The lowest BCUT2D eigenvalue weighted by Gasteiger charge is -2.38. The summed E-state index contributed by atoms with van der Waals surface area (Å²) in [5.74, 6) is 1.43. The maximum atomic E-state index is 12.9. The van der Waals surface area contributed by atoms with Crippen molar-refractivity contribution in [1.82, 2.24) is 14.9 Å². The van der Waals surface area contributed by atoms with Crippen molar-refractivity contribution >= 4 is 5.82 Å². The van der Waals surface area contributed by atoms with Gasteiger partial charge in [0, 0.05) is 31.1 Å². The molecule has 3 heterocycles. The number of H-pyrrole nitrogens is 1. The standard InChI is InChI=1S/C25H36N4O/c30-25-28-24(27-20-8-4-1-5-9-20)23-21-14-15-22(21)26-17-19-12-10-18(11-13-19)7-3-2-6-16-29(23)25/h10-13,20-22,26-27H,1-9,14-17H2,(H,28,30)/t21-,22?/m1/s1. The third-order valence-electron chi connectivity index (χ3n) is 7.54. The van der Waals surface area contributed by atoms with Crippen LogP contribution in [0.2, 0.25) is 0 Å². The van der Waals surface area contributed by atoms with Gasteiger partial charge in [0.1, 0.15) is 5.82 Å². The molecule has 4 aliphatic rings. The smallest absolute Gasteiger partial charge is 0.327 e. The van der Waals surface area contributed by atoms with Crippen LogP contribution in [0.1, 0.15) is 86.9 Å². The van der Waals surface area contributed by atoms with Gasteiger partial charge in [0.25, 0.3) is 0 Å². The van der Waals surface area contributed by atoms with E-state index in [2.05, 4.69) is 44.5 Å². The van der Waals surface area contributed by atoms with Crippen LogP contribution in [-0.4, -0.2) is 21.6 Å². The fourth-order valence-corrected chi connectivity index (χ4v) is 5.57. The average Bonchev–Trinajstić information content (AvgIpc) is 3.03. The maximum Gasteiger partial charge on any atom is 0.327 e. The van der Waals surface area contributed by atoms with E-state index in [4.69, 9.17) is 0 Å². The normalized spacial score (nSPS) is 25.5. The van der Waals surface area contributed by atoms with Crippen LogP contribution < -0.4 is 16.3 Å². The fourth-order valence-electron chi connectivity index (χ4n) is 5.57. The Hall–Kier alpha value is -2.01. The molecule has 2 saturated carbocycles. The van der Waals surface area contributed by atoms with E-state index in [1.165, 1.54) is 61.8 Å². The van der Waals surface area contributed by atoms with Crippen LogP contribution in [0.5, 0.6) is 0 Å². The minimum absolute atomic E-state index is 0.0745. The maximum absolute atomic E-state index is 12.9. The van der Waals surface area contributed by atoms with Gasteiger partial charge in [-0.1, -0.05) is 49.9 Å². The van der Waals surface area contributed by atoms with Crippen molar-refractivity contribution in [2.24, 2.45) is 0 Å². The average molecular weight is 409 g/mol. The minimum Gasteiger partial charge on any atom is -0.367 e. The first-order valence-corrected chi connectivity index (χ1v) is 12.2. The summed E-state index contributed by atoms with van der Waals surface area (Å²) in [6, 6.07) is 10.1. The third kappa shape index (κ3) is 4.22. The van der Waals surface area contributed by atoms with Crippen LogP contribution in [0.3, 0.4) is 0 Å². The molecule has 30 heavy (non-hydrogen) atoms. The van der Waals surface area contributed by atoms with E-state index in [1.54, 1.807) is 0 Å². The third-order valence-corrected chi connectivity index (χ3v) is 7.54. The lowest BCUT2D eigenvalue weighted by Crippen LogP contribution is -2.43. The molecule has 2 aliphatic carbocycles. The van der Waals surface area contributed by atoms with Crippen LogP contribution in [0, 0.1) is 0 Å². The number of aromatic nitrogens is 2. The number of aryl methyl sites for hydroxylation is 1. The highest BCUT2D eigenvalue weighted by Gasteiger charge is 2.37. The van der Waals surface area contributed by atoms with E-state index in [0.717, 1.165) is 44.6 Å². The van der Waals surface area contributed by atoms with Crippen molar-refractivity contribution in [2.75, 3.05) is 5.32 Å². The minimum atomic E-state index is 0.0745. The quantitative estimate of drug-likeness (QED) is 0.676. The van der Waals surface area contributed by atoms with E-state index in [1.807, 2.05) is 0 Å². The first kappa shape index (κ1) is 19.9. The largest absolute Gasteiger partial charge is 0.367 e. The van der Waals surface area contributed by atoms with Crippen LogP contribution >= 0.6 is 0 Å². The second-order valence-electron chi connectivity index (χ2n) is 9.62. The molecule has 0 spiro atoms. The lowest BCUT2D eigenvalue weighted by atomic mass is 9.76. The molecule has 0 radical (unpaired) electrons. The Bertz CT molecular complexity index is 891. The zero-order chi connectivity index (χ0) is 20.3. The summed E-state index contributed by atoms with van der Waals surface area (Å²) in [7, 11) is 0. The number of hydrogen-bond acceptors (Lipinski definition) is 3. The number of nitrogens with zero attached hydrogens (tertiary/aromatic N) is 1. The summed E-state index contributed by atoms with van der Waals surface area (Å²) < 4.78 is 2.06. The molecule has 2 aromatic rings. The number of aromatic amines is 1. The van der Waals surface area contributed by atoms with Crippen molar-refractivity contribution in [1.29, 1.82) is 0 Å².